The Hall–Kier alpha value is -1.94. The van der Waals surface area contributed by atoms with Crippen molar-refractivity contribution in [2.75, 3.05) is 0 Å². The van der Waals surface area contributed by atoms with Gasteiger partial charge in [-0.25, -0.2) is 0 Å². The molecule has 0 spiro atoms. The Bertz CT molecular complexity index is 504. The number of hydrogen-bond acceptors (Lipinski definition) is 3. The summed E-state index contributed by atoms with van der Waals surface area (Å²) in [5, 5.41) is 0.462. The molecule has 0 atom stereocenters. The van der Waals surface area contributed by atoms with Crippen LogP contribution in [0.2, 0.25) is 5.02 Å². The van der Waals surface area contributed by atoms with Crippen molar-refractivity contribution in [1.82, 2.24) is 0 Å². The zero-order valence-corrected chi connectivity index (χ0v) is 8.90. The van der Waals surface area contributed by atoms with E-state index in [1.807, 2.05) is 0 Å². The molecule has 2 N–H and O–H groups in total. The molecule has 1 aromatic carbocycles. The van der Waals surface area contributed by atoms with Crippen LogP contribution in [0.4, 0.5) is 0 Å². The number of primary amides is 1. The fourth-order valence-electron chi connectivity index (χ4n) is 1.15. The van der Waals surface area contributed by atoms with Gasteiger partial charge in [-0.2, -0.15) is 0 Å². The third kappa shape index (κ3) is 2.35. The number of amides is 1. The Balaban J connectivity index is 2.14. The van der Waals surface area contributed by atoms with Crippen molar-refractivity contribution in [2.24, 2.45) is 5.73 Å². The Morgan fingerprint density at radius 2 is 2.00 bits per heavy atom. The van der Waals surface area contributed by atoms with Crippen molar-refractivity contribution in [3.8, 4) is 11.7 Å². The molecule has 1 amide bonds. The Morgan fingerprint density at radius 3 is 2.50 bits per heavy atom. The third-order valence-electron chi connectivity index (χ3n) is 1.90. The molecule has 0 bridgehead atoms. The molecule has 0 aliphatic heterocycles. The summed E-state index contributed by atoms with van der Waals surface area (Å²) in [5.41, 5.74) is 5.53. The van der Waals surface area contributed by atoms with Crippen molar-refractivity contribution in [3.05, 3.63) is 47.2 Å². The highest BCUT2D eigenvalue weighted by atomic mass is 35.5. The first-order valence-corrected chi connectivity index (χ1v) is 4.85. The first-order valence-electron chi connectivity index (χ1n) is 4.47. The average Bonchev–Trinajstić information content (AvgIpc) is 2.65. The van der Waals surface area contributed by atoms with Gasteiger partial charge in [0, 0.05) is 11.6 Å². The number of benzene rings is 1. The van der Waals surface area contributed by atoms with Gasteiger partial charge in [0.05, 0.1) is 5.02 Å². The number of carbonyl (C=O) groups is 1. The van der Waals surface area contributed by atoms with E-state index in [2.05, 4.69) is 0 Å². The van der Waals surface area contributed by atoms with Gasteiger partial charge in [-0.15, -0.1) is 0 Å². The second-order valence-corrected chi connectivity index (χ2v) is 3.51. The Kier molecular flexibility index (Phi) is 2.83. The SMILES string of the molecule is NC(=O)c1ccc(Oc2cc(Cl)co2)cc1. The van der Waals surface area contributed by atoms with Crippen LogP contribution in [-0.4, -0.2) is 5.91 Å². The number of nitrogens with two attached hydrogens (primary N) is 1. The number of rotatable bonds is 3. The van der Waals surface area contributed by atoms with E-state index >= 15 is 0 Å². The van der Waals surface area contributed by atoms with E-state index in [9.17, 15) is 4.79 Å². The Morgan fingerprint density at radius 1 is 1.31 bits per heavy atom. The lowest BCUT2D eigenvalue weighted by Gasteiger charge is -2.01. The van der Waals surface area contributed by atoms with Crippen molar-refractivity contribution >= 4 is 17.5 Å². The zero-order chi connectivity index (χ0) is 11.5. The van der Waals surface area contributed by atoms with Crippen molar-refractivity contribution in [3.63, 3.8) is 0 Å². The van der Waals surface area contributed by atoms with Crippen molar-refractivity contribution in [2.45, 2.75) is 0 Å². The molecular weight excluding hydrogens is 230 g/mol. The highest BCUT2D eigenvalue weighted by molar-refractivity contribution is 6.30. The summed E-state index contributed by atoms with van der Waals surface area (Å²) < 4.78 is 10.3. The first kappa shape index (κ1) is 10.6. The van der Waals surface area contributed by atoms with E-state index in [0.717, 1.165) is 0 Å². The van der Waals surface area contributed by atoms with E-state index in [1.165, 1.54) is 6.26 Å². The van der Waals surface area contributed by atoms with Gasteiger partial charge in [-0.1, -0.05) is 11.6 Å². The summed E-state index contributed by atoms with van der Waals surface area (Å²) in [6.45, 7) is 0. The Labute approximate surface area is 96.6 Å². The van der Waals surface area contributed by atoms with E-state index in [0.29, 0.717) is 16.3 Å². The molecular formula is C11H8ClNO3. The van der Waals surface area contributed by atoms with Gasteiger partial charge in [-0.3, -0.25) is 4.79 Å². The van der Waals surface area contributed by atoms with Crippen LogP contribution in [0.25, 0.3) is 0 Å². The van der Waals surface area contributed by atoms with Crippen LogP contribution in [0, 0.1) is 0 Å². The predicted octanol–water partition coefficient (Wildman–Crippen LogP) is 2.82. The highest BCUT2D eigenvalue weighted by Gasteiger charge is 2.04. The molecule has 5 heteroatoms. The normalized spacial score (nSPS) is 10.1. The fourth-order valence-corrected chi connectivity index (χ4v) is 1.29. The maximum Gasteiger partial charge on any atom is 0.291 e. The molecule has 82 valence electrons. The predicted molar refractivity (Wildman–Crippen MR) is 58.8 cm³/mol. The smallest absolute Gasteiger partial charge is 0.291 e. The molecule has 0 unspecified atom stereocenters. The minimum atomic E-state index is -0.479. The van der Waals surface area contributed by atoms with Gasteiger partial charge in [0.1, 0.15) is 12.0 Å². The van der Waals surface area contributed by atoms with Gasteiger partial charge in [0.25, 0.3) is 5.95 Å². The van der Waals surface area contributed by atoms with Crippen LogP contribution in [0.3, 0.4) is 0 Å². The van der Waals surface area contributed by atoms with Gasteiger partial charge in [0.2, 0.25) is 5.91 Å². The zero-order valence-electron chi connectivity index (χ0n) is 8.14. The number of carbonyl (C=O) groups excluding carboxylic acids is 1. The molecule has 1 aromatic heterocycles. The topological polar surface area (TPSA) is 65.5 Å². The standard InChI is InChI=1S/C11H8ClNO3/c12-8-5-10(15-6-8)16-9-3-1-7(2-4-9)11(13)14/h1-6H,(H2,13,14). The maximum atomic E-state index is 10.8. The average molecular weight is 238 g/mol. The number of halogens is 1. The van der Waals surface area contributed by atoms with Crippen molar-refractivity contribution in [1.29, 1.82) is 0 Å². The quantitative estimate of drug-likeness (QED) is 0.893. The lowest BCUT2D eigenvalue weighted by molar-refractivity contribution is 0.100. The van der Waals surface area contributed by atoms with Gasteiger partial charge in [-0.05, 0) is 24.3 Å². The monoisotopic (exact) mass is 237 g/mol. The largest absolute Gasteiger partial charge is 0.432 e. The highest BCUT2D eigenvalue weighted by Crippen LogP contribution is 2.25. The summed E-state index contributed by atoms with van der Waals surface area (Å²) in [7, 11) is 0. The minimum absolute atomic E-state index is 0.289. The van der Waals surface area contributed by atoms with E-state index in [1.54, 1.807) is 30.3 Å². The van der Waals surface area contributed by atoms with E-state index < -0.39 is 5.91 Å². The van der Waals surface area contributed by atoms with Crippen LogP contribution >= 0.6 is 11.6 Å². The minimum Gasteiger partial charge on any atom is -0.432 e. The fraction of sp³-hybridized carbons (Fsp3) is 0. The number of furan rings is 1. The first-order chi connectivity index (χ1) is 7.65. The molecule has 0 fully saturated rings. The molecule has 0 saturated heterocycles. The van der Waals surface area contributed by atoms with Crippen LogP contribution in [0.5, 0.6) is 11.7 Å². The summed E-state index contributed by atoms with van der Waals surface area (Å²) in [6.07, 6.45) is 1.37. The molecule has 1 heterocycles. The molecule has 4 nitrogen and oxygen atoms in total. The molecule has 2 rings (SSSR count). The molecule has 0 aliphatic carbocycles. The second kappa shape index (κ2) is 4.28. The lowest BCUT2D eigenvalue weighted by Crippen LogP contribution is -2.10. The number of hydrogen-bond donors (Lipinski definition) is 1. The van der Waals surface area contributed by atoms with E-state index in [4.69, 9.17) is 26.5 Å². The van der Waals surface area contributed by atoms with Crippen LogP contribution in [0.1, 0.15) is 10.4 Å². The molecule has 16 heavy (non-hydrogen) atoms. The van der Waals surface area contributed by atoms with Crippen LogP contribution in [-0.2, 0) is 0 Å². The van der Waals surface area contributed by atoms with Crippen molar-refractivity contribution < 1.29 is 13.9 Å². The number of ether oxygens (including phenoxy) is 1. The molecule has 2 aromatic rings. The molecule has 0 aliphatic rings. The molecule has 0 radical (unpaired) electrons. The van der Waals surface area contributed by atoms with Gasteiger partial charge >= 0.3 is 0 Å². The summed E-state index contributed by atoms with van der Waals surface area (Å²) >= 11 is 5.66. The lowest BCUT2D eigenvalue weighted by atomic mass is 10.2. The van der Waals surface area contributed by atoms with E-state index in [-0.39, 0.29) is 5.95 Å². The maximum absolute atomic E-state index is 10.8. The molecule has 0 saturated carbocycles. The summed E-state index contributed by atoms with van der Waals surface area (Å²) in [5.74, 6) is 0.348. The second-order valence-electron chi connectivity index (χ2n) is 3.07. The third-order valence-corrected chi connectivity index (χ3v) is 2.10. The summed E-state index contributed by atoms with van der Waals surface area (Å²) in [6, 6.07) is 7.93. The van der Waals surface area contributed by atoms with Gasteiger partial charge in [0.15, 0.2) is 0 Å². The summed E-state index contributed by atoms with van der Waals surface area (Å²) in [4.78, 5) is 10.8. The van der Waals surface area contributed by atoms with Gasteiger partial charge < -0.3 is 14.9 Å². The van der Waals surface area contributed by atoms with Crippen LogP contribution < -0.4 is 10.5 Å². The van der Waals surface area contributed by atoms with Crippen LogP contribution in [0.15, 0.2) is 41.0 Å².